The summed E-state index contributed by atoms with van der Waals surface area (Å²) in [6.45, 7) is 0.454. The van der Waals surface area contributed by atoms with Crippen LogP contribution in [0.15, 0.2) is 30.3 Å². The molecule has 2 amide bonds. The van der Waals surface area contributed by atoms with E-state index in [2.05, 4.69) is 16.8 Å². The number of carbonyl (C=O) groups is 2. The predicted molar refractivity (Wildman–Crippen MR) is 105 cm³/mol. The molecule has 1 aliphatic heterocycles. The summed E-state index contributed by atoms with van der Waals surface area (Å²) < 4.78 is 10.5. The Morgan fingerprint density at radius 1 is 1.31 bits per heavy atom. The van der Waals surface area contributed by atoms with Crippen LogP contribution in [0.2, 0.25) is 0 Å². The van der Waals surface area contributed by atoms with Gasteiger partial charge in [-0.05, 0) is 12.1 Å². The van der Waals surface area contributed by atoms with E-state index in [9.17, 15) is 14.7 Å². The third kappa shape index (κ3) is 3.86. The van der Waals surface area contributed by atoms with Gasteiger partial charge >= 0.3 is 0 Å². The molecule has 3 N–H and O–H groups in total. The molecule has 0 aliphatic carbocycles. The van der Waals surface area contributed by atoms with E-state index < -0.39 is 17.4 Å². The maximum Gasteiger partial charge on any atom is 0.271 e. The Bertz CT molecular complexity index is 1040. The number of rotatable bonds is 4. The van der Waals surface area contributed by atoms with Crippen molar-refractivity contribution in [1.29, 1.82) is 0 Å². The van der Waals surface area contributed by atoms with Gasteiger partial charge in [-0.1, -0.05) is 24.0 Å². The lowest BCUT2D eigenvalue weighted by atomic mass is 10.0. The highest BCUT2D eigenvalue weighted by atomic mass is 16.5. The van der Waals surface area contributed by atoms with Crippen LogP contribution in [-0.4, -0.2) is 60.2 Å². The zero-order valence-electron chi connectivity index (χ0n) is 16.4. The molecule has 29 heavy (non-hydrogen) atoms. The van der Waals surface area contributed by atoms with Crippen molar-refractivity contribution in [3.05, 3.63) is 41.6 Å². The fraction of sp³-hybridized carbons (Fsp3) is 0.286. The number of aliphatic hydroxyl groups is 1. The zero-order valence-corrected chi connectivity index (χ0v) is 16.4. The number of likely N-dealkylation sites (N-methyl/N-ethyl adjacent to an activating group) is 1. The predicted octanol–water partition coefficient (Wildman–Crippen LogP) is 0.809. The van der Waals surface area contributed by atoms with Crippen molar-refractivity contribution in [3.63, 3.8) is 0 Å². The van der Waals surface area contributed by atoms with E-state index >= 15 is 0 Å². The normalized spacial score (nSPS) is 18.2. The summed E-state index contributed by atoms with van der Waals surface area (Å²) in [7, 11) is 4.47. The van der Waals surface area contributed by atoms with Crippen LogP contribution in [-0.2, 0) is 4.79 Å². The zero-order chi connectivity index (χ0) is 21.2. The highest BCUT2D eigenvalue weighted by Gasteiger charge is 2.42. The molecule has 1 atom stereocenters. The number of pyridine rings is 1. The molecule has 0 radical (unpaired) electrons. The molecular formula is C21H21N3O5. The van der Waals surface area contributed by atoms with Gasteiger partial charge in [0.15, 0.2) is 17.2 Å². The Morgan fingerprint density at radius 3 is 2.66 bits per heavy atom. The standard InChI is InChI=1S/C21H21N3O5/c1-24-10-9-21(27,20(24)26)8-7-13-5-4-6-14(11-13)15-12-16(28-2)18(29-3)17(23-15)19(22)25/h4-6,11-12,27H,9-10H2,1-3H3,(H2,22,25)/t21-/m0/s1. The summed E-state index contributed by atoms with van der Waals surface area (Å²) in [5, 5.41) is 10.4. The average molecular weight is 395 g/mol. The highest BCUT2D eigenvalue weighted by molar-refractivity contribution is 5.95. The molecule has 1 fully saturated rings. The SMILES string of the molecule is COc1cc(-c2cccc(C#C[C@]3(O)CCN(C)C3=O)c2)nc(C(N)=O)c1OC. The van der Waals surface area contributed by atoms with Gasteiger partial charge in [0.05, 0.1) is 19.9 Å². The number of hydrogen-bond acceptors (Lipinski definition) is 6. The van der Waals surface area contributed by atoms with E-state index in [0.717, 1.165) is 0 Å². The molecule has 2 aromatic rings. The van der Waals surface area contributed by atoms with Crippen molar-refractivity contribution in [2.45, 2.75) is 12.0 Å². The number of hydrogen-bond donors (Lipinski definition) is 2. The van der Waals surface area contributed by atoms with Gasteiger partial charge in [0.2, 0.25) is 5.60 Å². The van der Waals surface area contributed by atoms with Crippen LogP contribution in [0.1, 0.15) is 22.5 Å². The topological polar surface area (TPSA) is 115 Å². The third-order valence-electron chi connectivity index (χ3n) is 4.68. The second kappa shape index (κ2) is 7.81. The number of methoxy groups -OCH3 is 2. The summed E-state index contributed by atoms with van der Waals surface area (Å²) in [6, 6.07) is 8.65. The molecule has 2 heterocycles. The average Bonchev–Trinajstić information content (AvgIpc) is 2.99. The quantitative estimate of drug-likeness (QED) is 0.741. The van der Waals surface area contributed by atoms with Gasteiger partial charge in [-0.2, -0.15) is 0 Å². The molecule has 1 aliphatic rings. The van der Waals surface area contributed by atoms with Gasteiger partial charge in [-0.15, -0.1) is 0 Å². The summed E-state index contributed by atoms with van der Waals surface area (Å²) in [6.07, 6.45) is 0.258. The second-order valence-electron chi connectivity index (χ2n) is 6.62. The van der Waals surface area contributed by atoms with E-state index in [1.807, 2.05) is 0 Å². The maximum absolute atomic E-state index is 12.1. The Balaban J connectivity index is 2.01. The first-order valence-corrected chi connectivity index (χ1v) is 8.83. The van der Waals surface area contributed by atoms with Crippen molar-refractivity contribution >= 4 is 11.8 Å². The van der Waals surface area contributed by atoms with Crippen LogP contribution < -0.4 is 15.2 Å². The van der Waals surface area contributed by atoms with Gasteiger partial charge in [0, 0.05) is 37.2 Å². The molecule has 150 valence electrons. The molecule has 0 bridgehead atoms. The van der Waals surface area contributed by atoms with Gasteiger partial charge in [0.1, 0.15) is 0 Å². The molecule has 1 saturated heterocycles. The molecule has 0 unspecified atom stereocenters. The van der Waals surface area contributed by atoms with Crippen molar-refractivity contribution in [3.8, 4) is 34.6 Å². The van der Waals surface area contributed by atoms with E-state index in [4.69, 9.17) is 15.2 Å². The van der Waals surface area contributed by atoms with Crippen LogP contribution in [0.4, 0.5) is 0 Å². The molecule has 1 aromatic carbocycles. The number of amides is 2. The number of aromatic nitrogens is 1. The van der Waals surface area contributed by atoms with Gasteiger partial charge in [-0.3, -0.25) is 9.59 Å². The van der Waals surface area contributed by atoms with Crippen LogP contribution in [0.5, 0.6) is 11.5 Å². The minimum Gasteiger partial charge on any atom is -0.493 e. The number of primary amides is 1. The Labute approximate surface area is 168 Å². The molecule has 3 rings (SSSR count). The van der Waals surface area contributed by atoms with E-state index in [0.29, 0.717) is 29.1 Å². The molecule has 0 saturated carbocycles. The fourth-order valence-corrected chi connectivity index (χ4v) is 3.08. The second-order valence-corrected chi connectivity index (χ2v) is 6.62. The van der Waals surface area contributed by atoms with Crippen molar-refractivity contribution in [1.82, 2.24) is 9.88 Å². The van der Waals surface area contributed by atoms with E-state index in [-0.39, 0.29) is 17.9 Å². The van der Waals surface area contributed by atoms with Crippen LogP contribution in [0.25, 0.3) is 11.3 Å². The first-order valence-electron chi connectivity index (χ1n) is 8.83. The first kappa shape index (κ1) is 20.2. The summed E-state index contributed by atoms with van der Waals surface area (Å²) in [5.41, 5.74) is 5.37. The Morgan fingerprint density at radius 2 is 2.07 bits per heavy atom. The molecule has 0 spiro atoms. The highest BCUT2D eigenvalue weighted by Crippen LogP contribution is 2.34. The third-order valence-corrected chi connectivity index (χ3v) is 4.68. The molecule has 1 aromatic heterocycles. The van der Waals surface area contributed by atoms with Crippen LogP contribution >= 0.6 is 0 Å². The van der Waals surface area contributed by atoms with Gasteiger partial charge in [-0.25, -0.2) is 4.98 Å². The minimum absolute atomic E-state index is 0.0489. The van der Waals surface area contributed by atoms with Gasteiger partial charge in [0.25, 0.3) is 11.8 Å². The van der Waals surface area contributed by atoms with E-state index in [1.54, 1.807) is 37.4 Å². The lowest BCUT2D eigenvalue weighted by Gasteiger charge is -2.13. The molecule has 8 nitrogen and oxygen atoms in total. The number of carbonyl (C=O) groups excluding carboxylic acids is 2. The first-order chi connectivity index (χ1) is 13.8. The van der Waals surface area contributed by atoms with Crippen LogP contribution in [0.3, 0.4) is 0 Å². The lowest BCUT2D eigenvalue weighted by Crippen LogP contribution is -2.37. The number of nitrogens with two attached hydrogens (primary N) is 1. The summed E-state index contributed by atoms with van der Waals surface area (Å²) in [5.74, 6) is 4.85. The van der Waals surface area contributed by atoms with Gasteiger partial charge < -0.3 is 25.2 Å². The summed E-state index contributed by atoms with van der Waals surface area (Å²) >= 11 is 0. The van der Waals surface area contributed by atoms with Crippen molar-refractivity contribution in [2.75, 3.05) is 27.8 Å². The number of nitrogens with zero attached hydrogens (tertiary/aromatic N) is 2. The minimum atomic E-state index is -1.68. The smallest absolute Gasteiger partial charge is 0.271 e. The Hall–Kier alpha value is -3.57. The monoisotopic (exact) mass is 395 g/mol. The van der Waals surface area contributed by atoms with Crippen molar-refractivity contribution in [2.24, 2.45) is 5.73 Å². The largest absolute Gasteiger partial charge is 0.493 e. The number of ether oxygens (including phenoxy) is 2. The fourth-order valence-electron chi connectivity index (χ4n) is 3.08. The Kier molecular flexibility index (Phi) is 5.43. The lowest BCUT2D eigenvalue weighted by molar-refractivity contribution is -0.137. The van der Waals surface area contributed by atoms with E-state index in [1.165, 1.54) is 19.1 Å². The number of likely N-dealkylation sites (tertiary alicyclic amines) is 1. The summed E-state index contributed by atoms with van der Waals surface area (Å²) in [4.78, 5) is 29.6. The van der Waals surface area contributed by atoms with Crippen molar-refractivity contribution < 1.29 is 24.2 Å². The molecule has 8 heteroatoms. The number of benzene rings is 1. The maximum atomic E-state index is 12.1. The van der Waals surface area contributed by atoms with Crippen LogP contribution in [0, 0.1) is 11.8 Å². The molecular weight excluding hydrogens is 374 g/mol.